The first-order valence-corrected chi connectivity index (χ1v) is 7.16. The zero-order valence-corrected chi connectivity index (χ0v) is 13.5. The van der Waals surface area contributed by atoms with Gasteiger partial charge in [0.1, 0.15) is 12.4 Å². The molecule has 0 unspecified atom stereocenters. The van der Waals surface area contributed by atoms with Crippen molar-refractivity contribution in [1.82, 2.24) is 9.19 Å². The van der Waals surface area contributed by atoms with Gasteiger partial charge in [0.05, 0.1) is 18.8 Å². The van der Waals surface area contributed by atoms with Crippen molar-refractivity contribution in [3.8, 4) is 11.6 Å². The van der Waals surface area contributed by atoms with E-state index >= 15 is 0 Å². The third kappa shape index (κ3) is 3.94. The molecule has 22 heavy (non-hydrogen) atoms. The van der Waals surface area contributed by atoms with Crippen LogP contribution < -0.4 is 9.47 Å². The summed E-state index contributed by atoms with van der Waals surface area (Å²) in [6.07, 6.45) is 1.62. The van der Waals surface area contributed by atoms with Crippen molar-refractivity contribution in [2.75, 3.05) is 7.11 Å². The molecule has 118 valence electrons. The number of ether oxygens (including phenoxy) is 3. The zero-order chi connectivity index (χ0) is 16.1. The fraction of sp³-hybridized carbons (Fsp3) is 0.333. The maximum atomic E-state index is 11.9. The van der Waals surface area contributed by atoms with Gasteiger partial charge in [-0.15, -0.1) is 5.10 Å². The molecule has 0 bridgehead atoms. The Morgan fingerprint density at radius 1 is 1.36 bits per heavy atom. The van der Waals surface area contributed by atoms with Crippen LogP contribution in [0.3, 0.4) is 0 Å². The van der Waals surface area contributed by atoms with Crippen LogP contribution in [0.2, 0.25) is 0 Å². The lowest BCUT2D eigenvalue weighted by Crippen LogP contribution is -2.13. The fourth-order valence-corrected chi connectivity index (χ4v) is 2.06. The predicted molar refractivity (Wildman–Crippen MR) is 84.5 cm³/mol. The van der Waals surface area contributed by atoms with Crippen molar-refractivity contribution in [3.63, 3.8) is 0 Å². The average molecular weight is 322 g/mol. The van der Waals surface area contributed by atoms with Crippen LogP contribution in [0.15, 0.2) is 30.5 Å². The van der Waals surface area contributed by atoms with Gasteiger partial charge >= 0.3 is 5.97 Å². The zero-order valence-electron chi connectivity index (χ0n) is 12.6. The lowest BCUT2D eigenvalue weighted by Gasteiger charge is -2.16. The predicted octanol–water partition coefficient (Wildman–Crippen LogP) is 2.73. The number of carbonyl (C=O) groups excluding carboxylic acids is 1. The lowest BCUT2D eigenvalue weighted by atomic mass is 10.1. The molecule has 2 rings (SSSR count). The molecule has 0 atom stereocenters. The quantitative estimate of drug-likeness (QED) is 0.654. The van der Waals surface area contributed by atoms with E-state index in [-0.39, 0.29) is 12.7 Å². The van der Waals surface area contributed by atoms with Crippen LogP contribution in [-0.4, -0.2) is 28.4 Å². The summed E-state index contributed by atoms with van der Waals surface area (Å²) in [5, 5.41) is 4.01. The summed E-state index contributed by atoms with van der Waals surface area (Å²) in [5.41, 5.74) is 1.03. The normalized spacial score (nSPS) is 10.6. The monoisotopic (exact) mass is 322 g/mol. The molecule has 2 aromatic rings. The maximum absolute atomic E-state index is 11.9. The standard InChI is InChI=1S/C15H18N2O4S/c1-10(2)21-13-6-4-5-11(15(18)19-3)12(13)9-20-14-7-8-17(22)16-14/h4-8,10,22H,9H2,1-3H3. The Bertz CT molecular complexity index is 655. The number of rotatable bonds is 6. The minimum Gasteiger partial charge on any atom is -0.491 e. The van der Waals surface area contributed by atoms with Crippen LogP contribution in [0.25, 0.3) is 0 Å². The van der Waals surface area contributed by atoms with Gasteiger partial charge in [0.15, 0.2) is 0 Å². The van der Waals surface area contributed by atoms with Crippen LogP contribution in [0, 0.1) is 0 Å². The lowest BCUT2D eigenvalue weighted by molar-refractivity contribution is 0.0596. The molecule has 0 amide bonds. The van der Waals surface area contributed by atoms with Crippen LogP contribution in [0.5, 0.6) is 11.6 Å². The highest BCUT2D eigenvalue weighted by Gasteiger charge is 2.18. The number of esters is 1. The summed E-state index contributed by atoms with van der Waals surface area (Å²) >= 11 is 4.05. The van der Waals surface area contributed by atoms with E-state index in [0.717, 1.165) is 0 Å². The minimum absolute atomic E-state index is 0.0247. The molecular weight excluding hydrogens is 304 g/mol. The Labute approximate surface area is 134 Å². The average Bonchev–Trinajstić information content (AvgIpc) is 2.90. The Balaban J connectivity index is 2.29. The number of hydrogen-bond acceptors (Lipinski definition) is 6. The molecule has 6 nitrogen and oxygen atoms in total. The molecule has 0 spiro atoms. The van der Waals surface area contributed by atoms with Crippen LogP contribution in [0.1, 0.15) is 29.8 Å². The van der Waals surface area contributed by atoms with Gasteiger partial charge < -0.3 is 14.2 Å². The second kappa shape index (κ2) is 7.22. The summed E-state index contributed by atoms with van der Waals surface area (Å²) < 4.78 is 17.5. The van der Waals surface area contributed by atoms with Crippen LogP contribution in [-0.2, 0) is 11.3 Å². The Hall–Kier alpha value is -2.15. The minimum atomic E-state index is -0.437. The van der Waals surface area contributed by atoms with E-state index in [9.17, 15) is 4.79 Å². The Kier molecular flexibility index (Phi) is 5.32. The molecule has 7 heteroatoms. The molecule has 0 fully saturated rings. The summed E-state index contributed by atoms with van der Waals surface area (Å²) in [6, 6.07) is 6.89. The third-order valence-electron chi connectivity index (χ3n) is 2.82. The van der Waals surface area contributed by atoms with Crippen LogP contribution in [0.4, 0.5) is 0 Å². The van der Waals surface area contributed by atoms with Crippen molar-refractivity contribution >= 4 is 18.8 Å². The number of nitrogens with zero attached hydrogens (tertiary/aromatic N) is 2. The van der Waals surface area contributed by atoms with Crippen molar-refractivity contribution < 1.29 is 19.0 Å². The maximum Gasteiger partial charge on any atom is 0.338 e. The molecule has 1 aromatic heterocycles. The number of hydrogen-bond donors (Lipinski definition) is 1. The van der Waals surface area contributed by atoms with Gasteiger partial charge in [0, 0.05) is 17.8 Å². The number of benzene rings is 1. The van der Waals surface area contributed by atoms with Crippen molar-refractivity contribution in [3.05, 3.63) is 41.6 Å². The number of methoxy groups -OCH3 is 1. The van der Waals surface area contributed by atoms with Gasteiger partial charge in [-0.1, -0.05) is 6.07 Å². The van der Waals surface area contributed by atoms with Gasteiger partial charge in [-0.2, -0.15) is 0 Å². The molecule has 0 radical (unpaired) electrons. The highest BCUT2D eigenvalue weighted by atomic mass is 32.1. The molecule has 0 saturated carbocycles. The molecular formula is C15H18N2O4S. The first kappa shape index (κ1) is 16.2. The van der Waals surface area contributed by atoms with E-state index in [1.807, 2.05) is 13.8 Å². The van der Waals surface area contributed by atoms with Gasteiger partial charge in [0.25, 0.3) is 0 Å². The van der Waals surface area contributed by atoms with Crippen LogP contribution >= 0.6 is 12.8 Å². The fourth-order valence-electron chi connectivity index (χ4n) is 1.90. The molecule has 0 aliphatic carbocycles. The van der Waals surface area contributed by atoms with Gasteiger partial charge in [-0.05, 0) is 38.8 Å². The van der Waals surface area contributed by atoms with Crippen molar-refractivity contribution in [1.29, 1.82) is 0 Å². The summed E-state index contributed by atoms with van der Waals surface area (Å²) in [4.78, 5) is 11.9. The van der Waals surface area contributed by atoms with E-state index in [1.54, 1.807) is 30.5 Å². The first-order chi connectivity index (χ1) is 10.5. The van der Waals surface area contributed by atoms with E-state index in [0.29, 0.717) is 22.8 Å². The summed E-state index contributed by atoms with van der Waals surface area (Å²) in [6.45, 7) is 3.97. The topological polar surface area (TPSA) is 62.6 Å². The third-order valence-corrected chi connectivity index (χ3v) is 3.04. The van der Waals surface area contributed by atoms with Crippen molar-refractivity contribution in [2.24, 2.45) is 0 Å². The van der Waals surface area contributed by atoms with Gasteiger partial charge in [0.2, 0.25) is 5.88 Å². The molecule has 0 saturated heterocycles. The summed E-state index contributed by atoms with van der Waals surface area (Å²) in [5.74, 6) is 0.556. The van der Waals surface area contributed by atoms with Gasteiger partial charge in [-0.3, -0.25) is 0 Å². The van der Waals surface area contributed by atoms with E-state index in [4.69, 9.17) is 14.2 Å². The Morgan fingerprint density at radius 2 is 2.14 bits per heavy atom. The number of aromatic nitrogens is 2. The van der Waals surface area contributed by atoms with E-state index in [1.165, 1.54) is 11.2 Å². The molecule has 0 aliphatic rings. The SMILES string of the molecule is COC(=O)c1cccc(OC(C)C)c1COc1ccn(S)n1. The number of carbonyl (C=O) groups is 1. The Morgan fingerprint density at radius 3 is 2.73 bits per heavy atom. The molecule has 1 aromatic carbocycles. The molecule has 1 heterocycles. The molecule has 0 aliphatic heterocycles. The first-order valence-electron chi connectivity index (χ1n) is 6.76. The second-order valence-corrected chi connectivity index (χ2v) is 5.21. The van der Waals surface area contributed by atoms with Crippen molar-refractivity contribution in [2.45, 2.75) is 26.6 Å². The van der Waals surface area contributed by atoms with E-state index < -0.39 is 5.97 Å². The largest absolute Gasteiger partial charge is 0.491 e. The summed E-state index contributed by atoms with van der Waals surface area (Å²) in [7, 11) is 1.34. The second-order valence-electron chi connectivity index (χ2n) is 4.80. The highest BCUT2D eigenvalue weighted by molar-refractivity contribution is 7.78. The molecule has 0 N–H and O–H groups in total. The van der Waals surface area contributed by atoms with Gasteiger partial charge in [-0.25, -0.2) is 8.88 Å². The van der Waals surface area contributed by atoms with E-state index in [2.05, 4.69) is 17.9 Å². The number of thiol groups is 1. The smallest absolute Gasteiger partial charge is 0.338 e. The highest BCUT2D eigenvalue weighted by Crippen LogP contribution is 2.26.